The summed E-state index contributed by atoms with van der Waals surface area (Å²) in [5.41, 5.74) is 6.09. The number of amides is 1. The lowest BCUT2D eigenvalue weighted by Crippen LogP contribution is -2.48. The third-order valence-electron chi connectivity index (χ3n) is 3.62. The number of halogens is 2. The largest absolute Gasteiger partial charge is 0.341 e. The number of hydrogen-bond donors (Lipinski definition) is 1. The van der Waals surface area contributed by atoms with Crippen molar-refractivity contribution >= 4 is 24.1 Å². The number of carbonyl (C=O) groups excluding carboxylic acids is 2. The molecular weight excluding hydrogens is 295 g/mol. The van der Waals surface area contributed by atoms with E-state index in [-0.39, 0.29) is 35.8 Å². The van der Waals surface area contributed by atoms with Crippen molar-refractivity contribution in [2.45, 2.75) is 25.8 Å². The van der Waals surface area contributed by atoms with Crippen LogP contribution in [0.15, 0.2) is 24.3 Å². The van der Waals surface area contributed by atoms with Crippen LogP contribution in [0.4, 0.5) is 4.39 Å². The van der Waals surface area contributed by atoms with Gasteiger partial charge in [0, 0.05) is 24.6 Å². The lowest BCUT2D eigenvalue weighted by atomic mass is 9.90. The zero-order valence-electron chi connectivity index (χ0n) is 11.9. The van der Waals surface area contributed by atoms with Gasteiger partial charge < -0.3 is 10.6 Å². The zero-order chi connectivity index (χ0) is 14.7. The molecule has 1 aromatic rings. The second kappa shape index (κ2) is 7.52. The Morgan fingerprint density at radius 2 is 1.95 bits per heavy atom. The Morgan fingerprint density at radius 3 is 2.52 bits per heavy atom. The van der Waals surface area contributed by atoms with Crippen LogP contribution in [0.1, 0.15) is 30.1 Å². The fourth-order valence-electron chi connectivity index (χ4n) is 2.53. The molecule has 0 spiro atoms. The summed E-state index contributed by atoms with van der Waals surface area (Å²) in [6, 6.07) is 4.99. The van der Waals surface area contributed by atoms with E-state index in [1.807, 2.05) is 0 Å². The van der Waals surface area contributed by atoms with Gasteiger partial charge in [0.2, 0.25) is 5.91 Å². The summed E-state index contributed by atoms with van der Waals surface area (Å²) >= 11 is 0. The molecule has 2 N–H and O–H groups in total. The van der Waals surface area contributed by atoms with Gasteiger partial charge in [-0.3, -0.25) is 9.59 Å². The molecule has 1 aromatic carbocycles. The minimum atomic E-state index is -0.547. The van der Waals surface area contributed by atoms with Crippen molar-refractivity contribution in [2.75, 3.05) is 13.1 Å². The van der Waals surface area contributed by atoms with E-state index in [0.717, 1.165) is 12.8 Å². The van der Waals surface area contributed by atoms with E-state index in [9.17, 15) is 14.0 Å². The number of rotatable bonds is 3. The molecule has 1 heterocycles. The van der Waals surface area contributed by atoms with Crippen LogP contribution in [0.25, 0.3) is 0 Å². The minimum absolute atomic E-state index is 0. The van der Waals surface area contributed by atoms with Gasteiger partial charge in [-0.1, -0.05) is 0 Å². The predicted octanol–water partition coefficient (Wildman–Crippen LogP) is 2.02. The van der Waals surface area contributed by atoms with Crippen LogP contribution in [-0.4, -0.2) is 35.7 Å². The van der Waals surface area contributed by atoms with Gasteiger partial charge in [-0.05, 0) is 44.0 Å². The van der Waals surface area contributed by atoms with Gasteiger partial charge in [-0.25, -0.2) is 4.39 Å². The average molecular weight is 315 g/mol. The molecule has 0 radical (unpaired) electrons. The highest BCUT2D eigenvalue weighted by molar-refractivity contribution is 5.98. The highest BCUT2D eigenvalue weighted by Gasteiger charge is 2.29. The molecule has 2 rings (SSSR count). The first-order valence-electron chi connectivity index (χ1n) is 6.83. The van der Waals surface area contributed by atoms with Crippen molar-refractivity contribution in [1.29, 1.82) is 0 Å². The summed E-state index contributed by atoms with van der Waals surface area (Å²) in [5, 5.41) is 0. The van der Waals surface area contributed by atoms with E-state index in [0.29, 0.717) is 18.7 Å². The minimum Gasteiger partial charge on any atom is -0.341 e. The van der Waals surface area contributed by atoms with E-state index >= 15 is 0 Å². The summed E-state index contributed by atoms with van der Waals surface area (Å²) in [6.45, 7) is 2.69. The molecule has 1 fully saturated rings. The number of piperidine rings is 1. The first kappa shape index (κ1) is 17.6. The maximum atomic E-state index is 12.9. The molecule has 2 atom stereocenters. The van der Waals surface area contributed by atoms with Gasteiger partial charge in [0.05, 0.1) is 6.04 Å². The van der Waals surface area contributed by atoms with E-state index in [1.165, 1.54) is 24.3 Å². The average Bonchev–Trinajstić information content (AvgIpc) is 2.46. The number of Topliss-reactive ketones (excluding diaryl/α,β-unsaturated/α-hetero) is 1. The number of nitrogens with two attached hydrogens (primary N) is 1. The molecule has 1 aliphatic heterocycles. The Kier molecular flexibility index (Phi) is 6.30. The molecule has 0 aliphatic carbocycles. The third kappa shape index (κ3) is 4.25. The summed E-state index contributed by atoms with van der Waals surface area (Å²) in [4.78, 5) is 25.9. The SMILES string of the molecule is C[C@H](N)C(=O)N1CCCC(C(=O)c2ccc(F)cc2)C1.Cl. The Balaban J connectivity index is 0.00000220. The molecule has 4 nitrogen and oxygen atoms in total. The number of carbonyl (C=O) groups is 2. The van der Waals surface area contributed by atoms with Gasteiger partial charge >= 0.3 is 0 Å². The normalized spacial score (nSPS) is 19.6. The van der Waals surface area contributed by atoms with E-state index < -0.39 is 6.04 Å². The molecule has 0 aromatic heterocycles. The van der Waals surface area contributed by atoms with Crippen LogP contribution in [0.3, 0.4) is 0 Å². The molecule has 0 bridgehead atoms. The first-order chi connectivity index (χ1) is 9.49. The van der Waals surface area contributed by atoms with Gasteiger partial charge in [0.15, 0.2) is 5.78 Å². The van der Waals surface area contributed by atoms with Crippen LogP contribution >= 0.6 is 12.4 Å². The van der Waals surface area contributed by atoms with Crippen LogP contribution in [0.2, 0.25) is 0 Å². The van der Waals surface area contributed by atoms with Gasteiger partial charge in [-0.15, -0.1) is 12.4 Å². The lowest BCUT2D eigenvalue weighted by Gasteiger charge is -2.33. The fraction of sp³-hybridized carbons (Fsp3) is 0.467. The third-order valence-corrected chi connectivity index (χ3v) is 3.62. The van der Waals surface area contributed by atoms with E-state index in [1.54, 1.807) is 11.8 Å². The topological polar surface area (TPSA) is 63.4 Å². The molecule has 1 amide bonds. The second-order valence-electron chi connectivity index (χ2n) is 5.28. The smallest absolute Gasteiger partial charge is 0.239 e. The van der Waals surface area contributed by atoms with Crippen LogP contribution in [0.5, 0.6) is 0 Å². The molecule has 0 saturated carbocycles. The fourth-order valence-corrected chi connectivity index (χ4v) is 2.53. The Bertz CT molecular complexity index is 505. The molecule has 1 saturated heterocycles. The molecule has 1 unspecified atom stereocenters. The quantitative estimate of drug-likeness (QED) is 0.868. The summed E-state index contributed by atoms with van der Waals surface area (Å²) in [7, 11) is 0. The van der Waals surface area contributed by atoms with Crippen LogP contribution in [0, 0.1) is 11.7 Å². The Morgan fingerprint density at radius 1 is 1.33 bits per heavy atom. The number of nitrogens with zero attached hydrogens (tertiary/aromatic N) is 1. The molecular formula is C15H20ClFN2O2. The molecule has 6 heteroatoms. The maximum absolute atomic E-state index is 12.9. The number of likely N-dealkylation sites (tertiary alicyclic amines) is 1. The molecule has 21 heavy (non-hydrogen) atoms. The van der Waals surface area contributed by atoms with Crippen molar-refractivity contribution in [1.82, 2.24) is 4.90 Å². The highest BCUT2D eigenvalue weighted by atomic mass is 35.5. The number of ketones is 1. The van der Waals surface area contributed by atoms with Crippen molar-refractivity contribution in [3.8, 4) is 0 Å². The van der Waals surface area contributed by atoms with E-state index in [2.05, 4.69) is 0 Å². The predicted molar refractivity (Wildman–Crippen MR) is 80.9 cm³/mol. The number of hydrogen-bond acceptors (Lipinski definition) is 3. The van der Waals surface area contributed by atoms with Gasteiger partial charge in [0.1, 0.15) is 5.82 Å². The summed E-state index contributed by atoms with van der Waals surface area (Å²) in [5.74, 6) is -0.746. The first-order valence-corrected chi connectivity index (χ1v) is 6.83. The van der Waals surface area contributed by atoms with Crippen LogP contribution in [-0.2, 0) is 4.79 Å². The Labute approximate surface area is 129 Å². The van der Waals surface area contributed by atoms with E-state index in [4.69, 9.17) is 5.73 Å². The lowest BCUT2D eigenvalue weighted by molar-refractivity contribution is -0.133. The summed E-state index contributed by atoms with van der Waals surface area (Å²) in [6.07, 6.45) is 1.54. The van der Waals surface area contributed by atoms with Gasteiger partial charge in [0.25, 0.3) is 0 Å². The summed E-state index contributed by atoms with van der Waals surface area (Å²) < 4.78 is 12.9. The van der Waals surface area contributed by atoms with Crippen molar-refractivity contribution in [3.63, 3.8) is 0 Å². The Hall–Kier alpha value is -1.46. The second-order valence-corrected chi connectivity index (χ2v) is 5.28. The molecule has 116 valence electrons. The zero-order valence-corrected chi connectivity index (χ0v) is 12.7. The van der Waals surface area contributed by atoms with Crippen LogP contribution < -0.4 is 5.73 Å². The van der Waals surface area contributed by atoms with Crippen molar-refractivity contribution in [2.24, 2.45) is 11.7 Å². The standard InChI is InChI=1S/C15H19FN2O2.ClH/c1-10(17)15(20)18-8-2-3-12(9-18)14(19)11-4-6-13(16)7-5-11;/h4-7,10,12H,2-3,8-9,17H2,1H3;1H/t10-,12?;/m0./s1. The van der Waals surface area contributed by atoms with Gasteiger partial charge in [-0.2, -0.15) is 0 Å². The highest BCUT2D eigenvalue weighted by Crippen LogP contribution is 2.21. The van der Waals surface area contributed by atoms with Crippen molar-refractivity contribution < 1.29 is 14.0 Å². The molecule has 1 aliphatic rings. The monoisotopic (exact) mass is 314 g/mol. The number of benzene rings is 1. The van der Waals surface area contributed by atoms with Crippen molar-refractivity contribution in [3.05, 3.63) is 35.6 Å². The maximum Gasteiger partial charge on any atom is 0.239 e.